The third-order valence-electron chi connectivity index (χ3n) is 2.50. The molecule has 2 N–H and O–H groups in total. The number of aliphatic hydroxyl groups excluding tert-OH is 1. The number of benzene rings is 1. The summed E-state index contributed by atoms with van der Waals surface area (Å²) in [5, 5.41) is 18.4. The van der Waals surface area contributed by atoms with Gasteiger partial charge in [0.15, 0.2) is 11.6 Å². The van der Waals surface area contributed by atoms with Gasteiger partial charge >= 0.3 is 0 Å². The highest BCUT2D eigenvalue weighted by molar-refractivity contribution is 5.38. The van der Waals surface area contributed by atoms with Gasteiger partial charge < -0.3 is 10.2 Å². The van der Waals surface area contributed by atoms with Gasteiger partial charge in [0, 0.05) is 0 Å². The number of rotatable bonds is 0. The third-order valence-corrected chi connectivity index (χ3v) is 2.50. The van der Waals surface area contributed by atoms with Gasteiger partial charge in [-0.2, -0.15) is 0 Å². The van der Waals surface area contributed by atoms with E-state index in [1.54, 1.807) is 6.07 Å². The van der Waals surface area contributed by atoms with Gasteiger partial charge in [0.05, 0.1) is 6.10 Å². The van der Waals surface area contributed by atoms with Crippen LogP contribution in [-0.4, -0.2) is 16.3 Å². The summed E-state index contributed by atoms with van der Waals surface area (Å²) in [5.74, 6) is -0.820. The molecule has 0 bridgehead atoms. The second-order valence-electron chi connectivity index (χ2n) is 3.43. The molecule has 0 heterocycles. The van der Waals surface area contributed by atoms with Crippen LogP contribution >= 0.6 is 0 Å². The lowest BCUT2D eigenvalue weighted by Crippen LogP contribution is -2.19. The Morgan fingerprint density at radius 1 is 1.38 bits per heavy atom. The van der Waals surface area contributed by atoms with Crippen LogP contribution in [0.4, 0.5) is 4.39 Å². The van der Waals surface area contributed by atoms with Crippen molar-refractivity contribution in [2.75, 3.05) is 0 Å². The summed E-state index contributed by atoms with van der Waals surface area (Å²) in [5.41, 5.74) is 1.37. The summed E-state index contributed by atoms with van der Waals surface area (Å²) in [7, 11) is 0. The average Bonchev–Trinajstić information content (AvgIpc) is 2.12. The maximum Gasteiger partial charge on any atom is 0.168 e. The Morgan fingerprint density at radius 2 is 2.15 bits per heavy atom. The van der Waals surface area contributed by atoms with Gasteiger partial charge in [-0.3, -0.25) is 0 Å². The molecule has 0 aliphatic heterocycles. The van der Waals surface area contributed by atoms with Crippen molar-refractivity contribution in [1.29, 1.82) is 0 Å². The van der Waals surface area contributed by atoms with Crippen LogP contribution in [0.1, 0.15) is 17.5 Å². The Kier molecular flexibility index (Phi) is 1.96. The number of phenols is 1. The quantitative estimate of drug-likeness (QED) is 0.636. The van der Waals surface area contributed by atoms with Crippen molar-refractivity contribution in [3.63, 3.8) is 0 Å². The van der Waals surface area contributed by atoms with Crippen molar-refractivity contribution in [3.8, 4) is 5.75 Å². The minimum Gasteiger partial charge on any atom is -0.505 e. The molecule has 1 atom stereocenters. The molecule has 0 spiro atoms. The Bertz CT molecular complexity index is 336. The lowest BCUT2D eigenvalue weighted by atomic mass is 9.89. The van der Waals surface area contributed by atoms with E-state index in [1.165, 1.54) is 6.07 Å². The number of aromatic hydroxyl groups is 1. The molecule has 0 saturated heterocycles. The van der Waals surface area contributed by atoms with E-state index in [1.807, 2.05) is 0 Å². The number of aliphatic hydroxyl groups is 1. The first-order valence-corrected chi connectivity index (χ1v) is 4.36. The van der Waals surface area contributed by atoms with Gasteiger partial charge in [-0.1, -0.05) is 6.07 Å². The predicted octanol–water partition coefficient (Wildman–Crippen LogP) is 1.38. The van der Waals surface area contributed by atoms with Crippen LogP contribution in [0.15, 0.2) is 12.1 Å². The Labute approximate surface area is 75.6 Å². The molecule has 1 aliphatic carbocycles. The van der Waals surface area contributed by atoms with E-state index < -0.39 is 5.82 Å². The number of fused-ring (bicyclic) bond motifs is 1. The van der Waals surface area contributed by atoms with Crippen LogP contribution in [0.2, 0.25) is 0 Å². The van der Waals surface area contributed by atoms with Crippen molar-refractivity contribution in [3.05, 3.63) is 29.1 Å². The zero-order chi connectivity index (χ0) is 9.42. The molecule has 1 aliphatic rings. The second-order valence-corrected chi connectivity index (χ2v) is 3.43. The lowest BCUT2D eigenvalue weighted by Gasteiger charge is -2.20. The monoisotopic (exact) mass is 182 g/mol. The highest BCUT2D eigenvalue weighted by atomic mass is 19.1. The fourth-order valence-corrected chi connectivity index (χ4v) is 1.78. The van der Waals surface area contributed by atoms with E-state index in [2.05, 4.69) is 0 Å². The fraction of sp³-hybridized carbons (Fsp3) is 0.400. The molecule has 1 aromatic rings. The lowest BCUT2D eigenvalue weighted by molar-refractivity contribution is 0.157. The first kappa shape index (κ1) is 8.51. The minimum atomic E-state index is -0.524. The molecule has 0 radical (unpaired) electrons. The SMILES string of the molecule is Oc1ccc2c(c1F)CCC(O)C2. The highest BCUT2D eigenvalue weighted by Gasteiger charge is 2.20. The first-order chi connectivity index (χ1) is 6.18. The smallest absolute Gasteiger partial charge is 0.168 e. The van der Waals surface area contributed by atoms with Gasteiger partial charge in [-0.15, -0.1) is 0 Å². The van der Waals surface area contributed by atoms with Crippen LogP contribution in [0.25, 0.3) is 0 Å². The van der Waals surface area contributed by atoms with Gasteiger partial charge in [-0.05, 0) is 36.5 Å². The highest BCUT2D eigenvalue weighted by Crippen LogP contribution is 2.28. The molecule has 2 rings (SSSR count). The number of hydrogen-bond acceptors (Lipinski definition) is 2. The van der Waals surface area contributed by atoms with E-state index in [0.29, 0.717) is 24.8 Å². The molecular weight excluding hydrogens is 171 g/mol. The number of hydrogen-bond donors (Lipinski definition) is 2. The molecule has 1 aromatic carbocycles. The van der Waals surface area contributed by atoms with Crippen molar-refractivity contribution >= 4 is 0 Å². The van der Waals surface area contributed by atoms with Crippen LogP contribution < -0.4 is 0 Å². The number of halogens is 1. The standard InChI is InChI=1S/C10H11FO2/c11-10-8-3-2-7(12)5-6(8)1-4-9(10)13/h1,4,7,12-13H,2-3,5H2. The minimum absolute atomic E-state index is 0.296. The Balaban J connectivity index is 2.47. The van der Waals surface area contributed by atoms with Crippen molar-refractivity contribution < 1.29 is 14.6 Å². The molecule has 13 heavy (non-hydrogen) atoms. The van der Waals surface area contributed by atoms with Gasteiger partial charge in [0.2, 0.25) is 0 Å². The van der Waals surface area contributed by atoms with Crippen LogP contribution in [0, 0.1) is 5.82 Å². The molecule has 0 amide bonds. The zero-order valence-electron chi connectivity index (χ0n) is 7.13. The summed E-state index contributed by atoms with van der Waals surface area (Å²) in [6.07, 6.45) is 1.22. The molecule has 0 fully saturated rings. The molecule has 3 heteroatoms. The Hall–Kier alpha value is -1.09. The van der Waals surface area contributed by atoms with Crippen molar-refractivity contribution in [1.82, 2.24) is 0 Å². The van der Waals surface area contributed by atoms with Gasteiger partial charge in [0.25, 0.3) is 0 Å². The normalized spacial score (nSPS) is 21.2. The zero-order valence-corrected chi connectivity index (χ0v) is 7.13. The summed E-state index contributed by atoms with van der Waals surface area (Å²) >= 11 is 0. The van der Waals surface area contributed by atoms with Gasteiger partial charge in [-0.25, -0.2) is 4.39 Å². The van der Waals surface area contributed by atoms with Crippen LogP contribution in [-0.2, 0) is 12.8 Å². The fourth-order valence-electron chi connectivity index (χ4n) is 1.78. The van der Waals surface area contributed by atoms with Crippen molar-refractivity contribution in [2.24, 2.45) is 0 Å². The van der Waals surface area contributed by atoms with Gasteiger partial charge in [0.1, 0.15) is 0 Å². The van der Waals surface area contributed by atoms with Crippen molar-refractivity contribution in [2.45, 2.75) is 25.4 Å². The third kappa shape index (κ3) is 1.40. The molecule has 0 saturated carbocycles. The van der Waals surface area contributed by atoms with E-state index in [4.69, 9.17) is 5.11 Å². The largest absolute Gasteiger partial charge is 0.505 e. The summed E-state index contributed by atoms with van der Waals surface area (Å²) in [4.78, 5) is 0. The molecular formula is C10H11FO2. The Morgan fingerprint density at radius 3 is 2.92 bits per heavy atom. The summed E-state index contributed by atoms with van der Waals surface area (Å²) in [6, 6.07) is 3.02. The maximum atomic E-state index is 13.3. The second kappa shape index (κ2) is 3.00. The molecule has 0 aromatic heterocycles. The maximum absolute atomic E-state index is 13.3. The summed E-state index contributed by atoms with van der Waals surface area (Å²) < 4.78 is 13.3. The van der Waals surface area contributed by atoms with E-state index >= 15 is 0 Å². The van der Waals surface area contributed by atoms with Crippen LogP contribution in [0.3, 0.4) is 0 Å². The van der Waals surface area contributed by atoms with Crippen LogP contribution in [0.5, 0.6) is 5.75 Å². The molecule has 70 valence electrons. The number of phenolic OH excluding ortho intramolecular Hbond substituents is 1. The topological polar surface area (TPSA) is 40.5 Å². The average molecular weight is 182 g/mol. The van der Waals surface area contributed by atoms with E-state index in [9.17, 15) is 9.50 Å². The molecule has 1 unspecified atom stereocenters. The first-order valence-electron chi connectivity index (χ1n) is 4.36. The van der Waals surface area contributed by atoms with E-state index in [0.717, 1.165) is 5.56 Å². The summed E-state index contributed by atoms with van der Waals surface area (Å²) in [6.45, 7) is 0. The van der Waals surface area contributed by atoms with E-state index in [-0.39, 0.29) is 11.9 Å². The predicted molar refractivity (Wildman–Crippen MR) is 46.1 cm³/mol. The molecule has 2 nitrogen and oxygen atoms in total.